The van der Waals surface area contributed by atoms with E-state index in [9.17, 15) is 8.78 Å². The maximum atomic E-state index is 13.6. The van der Waals surface area contributed by atoms with Gasteiger partial charge in [-0.05, 0) is 39.7 Å². The van der Waals surface area contributed by atoms with Gasteiger partial charge in [-0.2, -0.15) is 0 Å². The fourth-order valence-corrected chi connectivity index (χ4v) is 2.58. The highest BCUT2D eigenvalue weighted by atomic mass is 79.9. The van der Waals surface area contributed by atoms with E-state index < -0.39 is 11.6 Å². The van der Waals surface area contributed by atoms with Gasteiger partial charge in [-0.15, -0.1) is 0 Å². The Morgan fingerprint density at radius 2 is 1.84 bits per heavy atom. The van der Waals surface area contributed by atoms with E-state index in [1.807, 2.05) is 0 Å². The van der Waals surface area contributed by atoms with Crippen molar-refractivity contribution in [2.45, 2.75) is 6.54 Å². The van der Waals surface area contributed by atoms with Crippen LogP contribution < -0.4 is 5.32 Å². The van der Waals surface area contributed by atoms with Gasteiger partial charge in [0.25, 0.3) is 0 Å². The highest BCUT2D eigenvalue weighted by molar-refractivity contribution is 9.10. The lowest BCUT2D eigenvalue weighted by molar-refractivity contribution is 0.583. The molecule has 6 heteroatoms. The van der Waals surface area contributed by atoms with Crippen LogP contribution in [-0.2, 0) is 6.54 Å². The molecule has 0 bridgehead atoms. The molecule has 100 valence electrons. The summed E-state index contributed by atoms with van der Waals surface area (Å²) < 4.78 is 26.9. The van der Waals surface area contributed by atoms with Gasteiger partial charge in [0.2, 0.25) is 0 Å². The molecule has 0 aliphatic carbocycles. The van der Waals surface area contributed by atoms with E-state index in [0.717, 1.165) is 11.6 Å². The molecular weight excluding hydrogens is 359 g/mol. The van der Waals surface area contributed by atoms with Crippen LogP contribution in [-0.4, -0.2) is 0 Å². The Hall–Kier alpha value is -0.840. The minimum Gasteiger partial charge on any atom is -0.378 e. The number of halogens is 5. The van der Waals surface area contributed by atoms with Crippen molar-refractivity contribution < 1.29 is 8.78 Å². The van der Waals surface area contributed by atoms with E-state index in [2.05, 4.69) is 21.2 Å². The zero-order valence-corrected chi connectivity index (χ0v) is 12.6. The molecule has 0 spiro atoms. The zero-order chi connectivity index (χ0) is 14.0. The highest BCUT2D eigenvalue weighted by Crippen LogP contribution is 2.28. The molecule has 0 saturated heterocycles. The minimum absolute atomic E-state index is 0.187. The number of hydrogen-bond donors (Lipinski definition) is 1. The summed E-state index contributed by atoms with van der Waals surface area (Å²) in [7, 11) is 0. The summed E-state index contributed by atoms with van der Waals surface area (Å²) in [6, 6.07) is 7.05. The Balaban J connectivity index is 2.19. The van der Waals surface area contributed by atoms with Crippen LogP contribution in [0.1, 0.15) is 5.56 Å². The van der Waals surface area contributed by atoms with Crippen LogP contribution in [0.5, 0.6) is 0 Å². The van der Waals surface area contributed by atoms with Gasteiger partial charge in [0.05, 0.1) is 5.69 Å². The van der Waals surface area contributed by atoms with Gasteiger partial charge < -0.3 is 5.32 Å². The first kappa shape index (κ1) is 14.6. The molecule has 0 aromatic heterocycles. The molecule has 1 nitrogen and oxygen atoms in total. The quantitative estimate of drug-likeness (QED) is 0.740. The molecule has 0 amide bonds. The third-order valence-electron chi connectivity index (χ3n) is 2.48. The monoisotopic (exact) mass is 365 g/mol. The number of hydrogen-bond acceptors (Lipinski definition) is 1. The van der Waals surface area contributed by atoms with Crippen molar-refractivity contribution in [3.8, 4) is 0 Å². The lowest BCUT2D eigenvalue weighted by Gasteiger charge is -2.11. The van der Waals surface area contributed by atoms with Crippen molar-refractivity contribution in [2.75, 3.05) is 5.32 Å². The van der Waals surface area contributed by atoms with Crippen LogP contribution in [0.25, 0.3) is 0 Å². The number of nitrogens with one attached hydrogen (secondary N) is 1. The summed E-state index contributed by atoms with van der Waals surface area (Å²) >= 11 is 14.9. The predicted molar refractivity (Wildman–Crippen MR) is 77.8 cm³/mol. The second-order valence-corrected chi connectivity index (χ2v) is 5.53. The average Bonchev–Trinajstić information content (AvgIpc) is 2.30. The molecule has 0 aliphatic rings. The second-order valence-electron chi connectivity index (χ2n) is 3.83. The van der Waals surface area contributed by atoms with Crippen LogP contribution in [0.2, 0.25) is 10.0 Å². The van der Waals surface area contributed by atoms with E-state index in [4.69, 9.17) is 23.2 Å². The molecule has 2 aromatic carbocycles. The van der Waals surface area contributed by atoms with Gasteiger partial charge in [0.15, 0.2) is 0 Å². The molecule has 1 N–H and O–H groups in total. The SMILES string of the molecule is Fc1cc(F)c(NCc2ccc(Cl)cc2Cl)c(Br)c1. The van der Waals surface area contributed by atoms with Crippen molar-refractivity contribution in [1.29, 1.82) is 0 Å². The third kappa shape index (κ3) is 3.59. The Morgan fingerprint density at radius 3 is 2.47 bits per heavy atom. The highest BCUT2D eigenvalue weighted by Gasteiger charge is 2.10. The smallest absolute Gasteiger partial charge is 0.150 e. The first-order valence-corrected chi connectivity index (χ1v) is 6.84. The van der Waals surface area contributed by atoms with Gasteiger partial charge in [0.1, 0.15) is 11.6 Å². The Bertz CT molecular complexity index is 597. The van der Waals surface area contributed by atoms with Crippen molar-refractivity contribution in [3.05, 3.63) is 62.0 Å². The molecular formula is C13H8BrCl2F2N. The Labute approximate surface area is 127 Å². The van der Waals surface area contributed by atoms with Crippen LogP contribution >= 0.6 is 39.1 Å². The van der Waals surface area contributed by atoms with E-state index in [-0.39, 0.29) is 5.69 Å². The maximum Gasteiger partial charge on any atom is 0.150 e. The van der Waals surface area contributed by atoms with Gasteiger partial charge in [-0.1, -0.05) is 29.3 Å². The number of rotatable bonds is 3. The van der Waals surface area contributed by atoms with E-state index in [1.54, 1.807) is 18.2 Å². The molecule has 0 heterocycles. The Kier molecular flexibility index (Phi) is 4.66. The molecule has 0 atom stereocenters. The first-order valence-electron chi connectivity index (χ1n) is 5.29. The number of benzene rings is 2. The van der Waals surface area contributed by atoms with Crippen LogP contribution in [0.3, 0.4) is 0 Å². The molecule has 0 aliphatic heterocycles. The van der Waals surface area contributed by atoms with Crippen molar-refractivity contribution in [1.82, 2.24) is 0 Å². The average molecular weight is 367 g/mol. The Morgan fingerprint density at radius 1 is 1.11 bits per heavy atom. The molecule has 0 unspecified atom stereocenters. The summed E-state index contributed by atoms with van der Waals surface area (Å²) in [5.74, 6) is -1.31. The lowest BCUT2D eigenvalue weighted by Crippen LogP contribution is -2.03. The molecule has 0 fully saturated rings. The minimum atomic E-state index is -0.669. The number of anilines is 1. The summed E-state index contributed by atoms with van der Waals surface area (Å²) in [6.07, 6.45) is 0. The summed E-state index contributed by atoms with van der Waals surface area (Å²) in [5.41, 5.74) is 0.953. The molecule has 0 radical (unpaired) electrons. The van der Waals surface area contributed by atoms with E-state index in [1.165, 1.54) is 6.07 Å². The fourth-order valence-electron chi connectivity index (χ4n) is 1.56. The molecule has 2 aromatic rings. The fraction of sp³-hybridized carbons (Fsp3) is 0.0769. The molecule has 0 saturated carbocycles. The summed E-state index contributed by atoms with van der Waals surface area (Å²) in [6.45, 7) is 0.303. The topological polar surface area (TPSA) is 12.0 Å². The van der Waals surface area contributed by atoms with Gasteiger partial charge >= 0.3 is 0 Å². The molecule has 19 heavy (non-hydrogen) atoms. The largest absolute Gasteiger partial charge is 0.378 e. The zero-order valence-electron chi connectivity index (χ0n) is 9.48. The van der Waals surface area contributed by atoms with Crippen LogP contribution in [0.4, 0.5) is 14.5 Å². The molecule has 2 rings (SSSR count). The normalized spacial score (nSPS) is 10.6. The van der Waals surface area contributed by atoms with Crippen molar-refractivity contribution >= 4 is 44.8 Å². The second kappa shape index (κ2) is 6.07. The summed E-state index contributed by atoms with van der Waals surface area (Å²) in [4.78, 5) is 0. The third-order valence-corrected chi connectivity index (χ3v) is 3.69. The standard InChI is InChI=1S/C13H8BrCl2F2N/c14-10-4-9(17)5-12(18)13(10)19-6-7-1-2-8(15)3-11(7)16/h1-5,19H,6H2. The predicted octanol–water partition coefficient (Wildman–Crippen LogP) is 5.65. The van der Waals surface area contributed by atoms with E-state index in [0.29, 0.717) is 21.1 Å². The maximum absolute atomic E-state index is 13.6. The van der Waals surface area contributed by atoms with Crippen molar-refractivity contribution in [2.24, 2.45) is 0 Å². The lowest BCUT2D eigenvalue weighted by atomic mass is 10.2. The van der Waals surface area contributed by atoms with Gasteiger partial charge in [-0.25, -0.2) is 8.78 Å². The summed E-state index contributed by atoms with van der Waals surface area (Å²) in [5, 5.41) is 3.88. The first-order chi connectivity index (χ1) is 8.97. The van der Waals surface area contributed by atoms with Crippen molar-refractivity contribution in [3.63, 3.8) is 0 Å². The van der Waals surface area contributed by atoms with Crippen LogP contribution in [0, 0.1) is 11.6 Å². The van der Waals surface area contributed by atoms with Crippen LogP contribution in [0.15, 0.2) is 34.8 Å². The van der Waals surface area contributed by atoms with Gasteiger partial charge in [-0.3, -0.25) is 0 Å². The van der Waals surface area contributed by atoms with E-state index >= 15 is 0 Å². The van der Waals surface area contributed by atoms with Gasteiger partial charge in [0, 0.05) is 27.1 Å².